The summed E-state index contributed by atoms with van der Waals surface area (Å²) in [5.41, 5.74) is 4.62. The van der Waals surface area contributed by atoms with Crippen LogP contribution in [0.4, 0.5) is 0 Å². The lowest BCUT2D eigenvalue weighted by atomic mass is 10.0. The van der Waals surface area contributed by atoms with Gasteiger partial charge in [0.2, 0.25) is 0 Å². The molecule has 0 saturated heterocycles. The Balaban J connectivity index is 2.56. The number of rotatable bonds is 12. The van der Waals surface area contributed by atoms with Crippen LogP contribution in [0.15, 0.2) is 36.8 Å². The van der Waals surface area contributed by atoms with E-state index in [1.165, 1.54) is 11.1 Å². The van der Waals surface area contributed by atoms with Gasteiger partial charge in [0.05, 0.1) is 25.7 Å². The Labute approximate surface area is 147 Å². The molecule has 0 N–H and O–H groups in total. The van der Waals surface area contributed by atoms with Gasteiger partial charge in [-0.15, -0.1) is 0 Å². The highest BCUT2D eigenvalue weighted by Gasteiger charge is 2.01. The van der Waals surface area contributed by atoms with Crippen LogP contribution in [0.3, 0.4) is 0 Å². The van der Waals surface area contributed by atoms with Gasteiger partial charge < -0.3 is 14.2 Å². The third-order valence-electron chi connectivity index (χ3n) is 3.77. The molecular formula is C21H32O3. The molecular weight excluding hydrogens is 300 g/mol. The molecule has 0 spiro atoms. The van der Waals surface area contributed by atoms with E-state index in [1.807, 2.05) is 12.5 Å². The summed E-state index contributed by atoms with van der Waals surface area (Å²) in [6.45, 7) is 8.62. The van der Waals surface area contributed by atoms with Crippen molar-refractivity contribution >= 4 is 11.1 Å². The van der Waals surface area contributed by atoms with Crippen molar-refractivity contribution < 1.29 is 14.2 Å². The third kappa shape index (κ3) is 8.21. The second-order valence-corrected chi connectivity index (χ2v) is 5.98. The molecule has 1 rings (SSSR count). The van der Waals surface area contributed by atoms with Crippen molar-refractivity contribution in [2.45, 2.75) is 46.5 Å². The molecule has 3 heteroatoms. The molecule has 0 saturated carbocycles. The van der Waals surface area contributed by atoms with Crippen molar-refractivity contribution in [3.8, 4) is 0 Å². The fraction of sp³-hybridized carbons (Fsp3) is 0.524. The summed E-state index contributed by atoms with van der Waals surface area (Å²) in [5, 5.41) is 0. The number of unbranched alkanes of at least 4 members (excludes halogenated alkanes) is 2. The average Bonchev–Trinajstić information content (AvgIpc) is 2.61. The zero-order valence-electron chi connectivity index (χ0n) is 15.6. The van der Waals surface area contributed by atoms with Crippen LogP contribution in [0.25, 0.3) is 11.1 Å². The molecule has 134 valence electrons. The van der Waals surface area contributed by atoms with Gasteiger partial charge in [-0.05, 0) is 61.4 Å². The average molecular weight is 332 g/mol. The molecule has 0 aliphatic heterocycles. The minimum Gasteiger partial charge on any atom is -0.501 e. The number of allylic oxidation sites excluding steroid dienone is 2. The summed E-state index contributed by atoms with van der Waals surface area (Å²) in [6.07, 6.45) is 7.99. The molecule has 0 aliphatic carbocycles. The van der Waals surface area contributed by atoms with Crippen LogP contribution in [-0.2, 0) is 14.2 Å². The molecule has 0 amide bonds. The molecule has 0 atom stereocenters. The number of benzene rings is 1. The lowest BCUT2D eigenvalue weighted by Crippen LogP contribution is -1.94. The summed E-state index contributed by atoms with van der Waals surface area (Å²) in [4.78, 5) is 0. The molecule has 0 fully saturated rings. The Bertz CT molecular complexity index is 518. The predicted molar refractivity (Wildman–Crippen MR) is 102 cm³/mol. The largest absolute Gasteiger partial charge is 0.501 e. The van der Waals surface area contributed by atoms with Crippen LogP contribution in [0.2, 0.25) is 0 Å². The molecule has 1 aromatic carbocycles. The molecule has 0 bridgehead atoms. The highest BCUT2D eigenvalue weighted by Crippen LogP contribution is 2.20. The Morgan fingerprint density at radius 3 is 1.96 bits per heavy atom. The maximum Gasteiger partial charge on any atom is 0.0874 e. The monoisotopic (exact) mass is 332 g/mol. The van der Waals surface area contributed by atoms with E-state index in [9.17, 15) is 0 Å². The number of methoxy groups -OCH3 is 1. The van der Waals surface area contributed by atoms with Crippen molar-refractivity contribution in [3.05, 3.63) is 47.9 Å². The minimum absolute atomic E-state index is 0.727. The van der Waals surface area contributed by atoms with Gasteiger partial charge >= 0.3 is 0 Å². The molecule has 1 aromatic rings. The van der Waals surface area contributed by atoms with Gasteiger partial charge in [0.15, 0.2) is 0 Å². The Hall–Kier alpha value is -1.74. The van der Waals surface area contributed by atoms with Crippen LogP contribution in [0.1, 0.15) is 57.6 Å². The van der Waals surface area contributed by atoms with Crippen molar-refractivity contribution in [2.24, 2.45) is 0 Å². The fourth-order valence-corrected chi connectivity index (χ4v) is 2.17. The Morgan fingerprint density at radius 1 is 0.875 bits per heavy atom. The van der Waals surface area contributed by atoms with E-state index in [4.69, 9.17) is 14.2 Å². The minimum atomic E-state index is 0.727. The maximum absolute atomic E-state index is 5.63. The van der Waals surface area contributed by atoms with E-state index in [2.05, 4.69) is 45.0 Å². The van der Waals surface area contributed by atoms with Crippen molar-refractivity contribution in [1.82, 2.24) is 0 Å². The van der Waals surface area contributed by atoms with Crippen LogP contribution in [0, 0.1) is 0 Å². The SMILES string of the molecule is CCCCOC=C(C)c1cccc(C(C)=COCCCCOC)c1. The highest BCUT2D eigenvalue weighted by molar-refractivity contribution is 5.70. The van der Waals surface area contributed by atoms with E-state index >= 15 is 0 Å². The number of ether oxygens (including phenoxy) is 3. The predicted octanol–water partition coefficient (Wildman–Crippen LogP) is 5.67. The second kappa shape index (κ2) is 12.7. The summed E-state index contributed by atoms with van der Waals surface area (Å²) < 4.78 is 16.3. The van der Waals surface area contributed by atoms with Crippen LogP contribution in [-0.4, -0.2) is 26.9 Å². The van der Waals surface area contributed by atoms with E-state index in [0.29, 0.717) is 0 Å². The molecule has 0 aromatic heterocycles. The zero-order valence-corrected chi connectivity index (χ0v) is 15.6. The summed E-state index contributed by atoms with van der Waals surface area (Å²) in [6, 6.07) is 8.46. The zero-order chi connectivity index (χ0) is 17.6. The van der Waals surface area contributed by atoms with Crippen molar-refractivity contribution in [2.75, 3.05) is 26.9 Å². The first-order valence-electron chi connectivity index (χ1n) is 8.85. The normalized spacial score (nSPS) is 12.3. The first-order chi connectivity index (χ1) is 11.7. The maximum atomic E-state index is 5.63. The summed E-state index contributed by atoms with van der Waals surface area (Å²) >= 11 is 0. The second-order valence-electron chi connectivity index (χ2n) is 5.98. The van der Waals surface area contributed by atoms with E-state index < -0.39 is 0 Å². The summed E-state index contributed by atoms with van der Waals surface area (Å²) in [7, 11) is 1.73. The molecule has 3 nitrogen and oxygen atoms in total. The van der Waals surface area contributed by atoms with Gasteiger partial charge in [0, 0.05) is 13.7 Å². The lowest BCUT2D eigenvalue weighted by Gasteiger charge is -2.08. The number of hydrogen-bond donors (Lipinski definition) is 0. The van der Waals surface area contributed by atoms with Gasteiger partial charge in [-0.3, -0.25) is 0 Å². The summed E-state index contributed by atoms with van der Waals surface area (Å²) in [5.74, 6) is 0. The van der Waals surface area contributed by atoms with Crippen molar-refractivity contribution in [1.29, 1.82) is 0 Å². The molecule has 0 unspecified atom stereocenters. The first kappa shape index (κ1) is 20.3. The smallest absolute Gasteiger partial charge is 0.0874 e. The van der Waals surface area contributed by atoms with Crippen LogP contribution < -0.4 is 0 Å². The van der Waals surface area contributed by atoms with Gasteiger partial charge in [0.1, 0.15) is 0 Å². The molecule has 24 heavy (non-hydrogen) atoms. The van der Waals surface area contributed by atoms with E-state index in [0.717, 1.165) is 56.7 Å². The van der Waals surface area contributed by atoms with Gasteiger partial charge in [-0.2, -0.15) is 0 Å². The standard InChI is InChI=1S/C21H32O3/c1-5-6-13-23-16-18(2)20-10-9-11-21(15-20)19(3)17-24-14-8-7-12-22-4/h9-11,15-17H,5-8,12-14H2,1-4H3. The highest BCUT2D eigenvalue weighted by atomic mass is 16.5. The molecule has 0 radical (unpaired) electrons. The Morgan fingerprint density at radius 2 is 1.42 bits per heavy atom. The third-order valence-corrected chi connectivity index (χ3v) is 3.77. The first-order valence-corrected chi connectivity index (χ1v) is 8.85. The molecule has 0 heterocycles. The van der Waals surface area contributed by atoms with E-state index in [-0.39, 0.29) is 0 Å². The fourth-order valence-electron chi connectivity index (χ4n) is 2.17. The topological polar surface area (TPSA) is 27.7 Å². The number of hydrogen-bond acceptors (Lipinski definition) is 3. The van der Waals surface area contributed by atoms with Gasteiger partial charge in [-0.1, -0.05) is 31.5 Å². The van der Waals surface area contributed by atoms with Gasteiger partial charge in [-0.25, -0.2) is 0 Å². The Kier molecular flexibility index (Phi) is 10.7. The molecule has 0 aliphatic rings. The van der Waals surface area contributed by atoms with Gasteiger partial charge in [0.25, 0.3) is 0 Å². The van der Waals surface area contributed by atoms with Crippen molar-refractivity contribution in [3.63, 3.8) is 0 Å². The quantitative estimate of drug-likeness (QED) is 0.365. The van der Waals surface area contributed by atoms with Crippen LogP contribution >= 0.6 is 0 Å². The van der Waals surface area contributed by atoms with E-state index in [1.54, 1.807) is 7.11 Å². The van der Waals surface area contributed by atoms with Crippen LogP contribution in [0.5, 0.6) is 0 Å². The lowest BCUT2D eigenvalue weighted by molar-refractivity contribution is 0.175.